The quantitative estimate of drug-likeness (QED) is 0.352. The van der Waals surface area contributed by atoms with Crippen molar-refractivity contribution in [1.29, 1.82) is 0 Å². The molecular formula is C17H16N2O5S. The number of aryl methyl sites for hydroxylation is 1. The Morgan fingerprint density at radius 1 is 1.20 bits per heavy atom. The summed E-state index contributed by atoms with van der Waals surface area (Å²) in [5, 5.41) is 13.5. The molecule has 25 heavy (non-hydrogen) atoms. The van der Waals surface area contributed by atoms with E-state index in [0.717, 1.165) is 17.3 Å². The summed E-state index contributed by atoms with van der Waals surface area (Å²) >= 11 is 0.993. The van der Waals surface area contributed by atoms with Gasteiger partial charge in [-0.15, -0.1) is 11.8 Å². The number of carbonyl (C=O) groups is 2. The molecule has 0 aliphatic carbocycles. The van der Waals surface area contributed by atoms with Crippen LogP contribution in [0.25, 0.3) is 0 Å². The van der Waals surface area contributed by atoms with Gasteiger partial charge in [0.2, 0.25) is 0 Å². The third-order valence-electron chi connectivity index (χ3n) is 3.07. The number of para-hydroxylation sites is 1. The van der Waals surface area contributed by atoms with E-state index >= 15 is 0 Å². The van der Waals surface area contributed by atoms with E-state index in [1.54, 1.807) is 36.4 Å². The average molecular weight is 360 g/mol. The van der Waals surface area contributed by atoms with E-state index in [1.807, 2.05) is 13.0 Å². The highest BCUT2D eigenvalue weighted by atomic mass is 32.2. The number of nitro benzene ring substituents is 1. The number of nitrogens with one attached hydrogen (secondary N) is 1. The van der Waals surface area contributed by atoms with E-state index < -0.39 is 23.4 Å². The number of nitro groups is 1. The molecule has 0 heterocycles. The van der Waals surface area contributed by atoms with Gasteiger partial charge < -0.3 is 10.1 Å². The molecule has 0 bridgehead atoms. The summed E-state index contributed by atoms with van der Waals surface area (Å²) < 4.78 is 4.89. The molecule has 0 spiro atoms. The molecule has 7 nitrogen and oxygen atoms in total. The van der Waals surface area contributed by atoms with Gasteiger partial charge in [-0.2, -0.15) is 0 Å². The van der Waals surface area contributed by atoms with Gasteiger partial charge >= 0.3 is 5.97 Å². The molecule has 0 aliphatic heterocycles. The minimum absolute atomic E-state index is 0.0718. The first-order chi connectivity index (χ1) is 12.0. The Hall–Kier alpha value is -2.87. The van der Waals surface area contributed by atoms with Gasteiger partial charge in [-0.05, 0) is 30.7 Å². The fraction of sp³-hybridized carbons (Fsp3) is 0.176. The van der Waals surface area contributed by atoms with Crippen LogP contribution in [-0.2, 0) is 14.3 Å². The fourth-order valence-corrected chi connectivity index (χ4v) is 2.80. The van der Waals surface area contributed by atoms with Crippen molar-refractivity contribution in [2.45, 2.75) is 11.8 Å². The molecule has 0 aromatic heterocycles. The Labute approximate surface area is 148 Å². The molecule has 2 aromatic rings. The van der Waals surface area contributed by atoms with Crippen LogP contribution in [0.5, 0.6) is 0 Å². The number of hydrogen-bond acceptors (Lipinski definition) is 6. The molecule has 130 valence electrons. The van der Waals surface area contributed by atoms with Crippen LogP contribution in [0.4, 0.5) is 11.4 Å². The van der Waals surface area contributed by atoms with Crippen LogP contribution in [0.15, 0.2) is 53.4 Å². The van der Waals surface area contributed by atoms with E-state index in [2.05, 4.69) is 5.32 Å². The zero-order chi connectivity index (χ0) is 18.2. The highest BCUT2D eigenvalue weighted by Gasteiger charge is 2.15. The van der Waals surface area contributed by atoms with Crippen LogP contribution in [0.2, 0.25) is 0 Å². The van der Waals surface area contributed by atoms with Gasteiger partial charge in [0.1, 0.15) is 0 Å². The van der Waals surface area contributed by atoms with Gasteiger partial charge in [0.05, 0.1) is 15.6 Å². The van der Waals surface area contributed by atoms with Gasteiger partial charge in [-0.25, -0.2) is 0 Å². The molecular weight excluding hydrogens is 344 g/mol. The molecule has 0 unspecified atom stereocenters. The second-order valence-electron chi connectivity index (χ2n) is 5.09. The molecule has 8 heteroatoms. The van der Waals surface area contributed by atoms with Crippen molar-refractivity contribution in [2.75, 3.05) is 17.7 Å². The predicted molar refractivity (Wildman–Crippen MR) is 94.6 cm³/mol. The molecule has 1 N–H and O–H groups in total. The van der Waals surface area contributed by atoms with Crippen LogP contribution in [-0.4, -0.2) is 29.2 Å². The standard InChI is InChI=1S/C17H16N2O5S/c1-12-5-4-6-13(9-12)18-16(20)10-24-17(21)11-25-15-8-3-2-7-14(15)19(22)23/h2-9H,10-11H2,1H3,(H,18,20). The van der Waals surface area contributed by atoms with Crippen LogP contribution in [0, 0.1) is 17.0 Å². The van der Waals surface area contributed by atoms with Crippen molar-refractivity contribution in [2.24, 2.45) is 0 Å². The molecule has 2 rings (SSSR count). The molecule has 0 radical (unpaired) electrons. The molecule has 2 aromatic carbocycles. The van der Waals surface area contributed by atoms with Crippen LogP contribution in [0.3, 0.4) is 0 Å². The van der Waals surface area contributed by atoms with Crippen molar-refractivity contribution >= 4 is 35.0 Å². The Morgan fingerprint density at radius 3 is 2.68 bits per heavy atom. The van der Waals surface area contributed by atoms with Gasteiger partial charge in [-0.1, -0.05) is 24.3 Å². The summed E-state index contributed by atoms with van der Waals surface area (Å²) in [5.41, 5.74) is 1.54. The van der Waals surface area contributed by atoms with Crippen LogP contribution < -0.4 is 5.32 Å². The number of ether oxygens (including phenoxy) is 1. The number of benzene rings is 2. The number of anilines is 1. The van der Waals surface area contributed by atoms with Gasteiger partial charge in [0.25, 0.3) is 11.6 Å². The Morgan fingerprint density at radius 2 is 1.96 bits per heavy atom. The Kier molecular flexibility index (Phi) is 6.53. The van der Waals surface area contributed by atoms with Gasteiger partial charge in [0, 0.05) is 11.8 Å². The third kappa shape index (κ3) is 5.92. The zero-order valence-electron chi connectivity index (χ0n) is 13.4. The smallest absolute Gasteiger partial charge is 0.316 e. The minimum Gasteiger partial charge on any atom is -0.455 e. The Balaban J connectivity index is 1.79. The lowest BCUT2D eigenvalue weighted by atomic mass is 10.2. The van der Waals surface area contributed by atoms with E-state index in [1.165, 1.54) is 6.07 Å². The minimum atomic E-state index is -0.623. The molecule has 0 atom stereocenters. The van der Waals surface area contributed by atoms with Gasteiger partial charge in [-0.3, -0.25) is 19.7 Å². The molecule has 0 saturated heterocycles. The SMILES string of the molecule is Cc1cccc(NC(=O)COC(=O)CSc2ccccc2[N+](=O)[O-])c1. The molecule has 0 fully saturated rings. The lowest BCUT2D eigenvalue weighted by Gasteiger charge is -2.07. The maximum absolute atomic E-state index is 11.8. The number of hydrogen-bond donors (Lipinski definition) is 1. The zero-order valence-corrected chi connectivity index (χ0v) is 14.2. The third-order valence-corrected chi connectivity index (χ3v) is 4.11. The molecule has 0 saturated carbocycles. The number of esters is 1. The largest absolute Gasteiger partial charge is 0.455 e. The van der Waals surface area contributed by atoms with E-state index in [-0.39, 0.29) is 11.4 Å². The summed E-state index contributed by atoms with van der Waals surface area (Å²) in [5.74, 6) is -1.19. The average Bonchev–Trinajstić information content (AvgIpc) is 2.58. The van der Waals surface area contributed by atoms with Crippen molar-refractivity contribution in [3.05, 3.63) is 64.2 Å². The van der Waals surface area contributed by atoms with Gasteiger partial charge in [0.15, 0.2) is 6.61 Å². The van der Waals surface area contributed by atoms with Crippen LogP contribution >= 0.6 is 11.8 Å². The summed E-state index contributed by atoms with van der Waals surface area (Å²) in [6, 6.07) is 13.4. The normalized spacial score (nSPS) is 10.1. The number of carbonyl (C=O) groups excluding carboxylic acids is 2. The first-order valence-corrected chi connectivity index (χ1v) is 8.32. The van der Waals surface area contributed by atoms with Crippen LogP contribution in [0.1, 0.15) is 5.56 Å². The second kappa shape index (κ2) is 8.84. The monoisotopic (exact) mass is 360 g/mol. The first kappa shape index (κ1) is 18.5. The van der Waals surface area contributed by atoms with E-state index in [9.17, 15) is 19.7 Å². The predicted octanol–water partition coefficient (Wildman–Crippen LogP) is 3.18. The van der Waals surface area contributed by atoms with E-state index in [4.69, 9.17) is 4.74 Å². The highest BCUT2D eigenvalue weighted by molar-refractivity contribution is 8.00. The van der Waals surface area contributed by atoms with Crippen molar-refractivity contribution in [3.8, 4) is 0 Å². The number of nitrogens with zero attached hydrogens (tertiary/aromatic N) is 1. The van der Waals surface area contributed by atoms with Crippen molar-refractivity contribution in [1.82, 2.24) is 0 Å². The highest BCUT2D eigenvalue weighted by Crippen LogP contribution is 2.28. The number of thioether (sulfide) groups is 1. The van der Waals surface area contributed by atoms with E-state index in [0.29, 0.717) is 10.6 Å². The summed E-state index contributed by atoms with van der Waals surface area (Å²) in [7, 11) is 0. The summed E-state index contributed by atoms with van der Waals surface area (Å²) in [6.07, 6.45) is 0. The lowest BCUT2D eigenvalue weighted by Crippen LogP contribution is -2.21. The summed E-state index contributed by atoms with van der Waals surface area (Å²) in [4.78, 5) is 34.2. The fourth-order valence-electron chi connectivity index (χ4n) is 1.97. The van der Waals surface area contributed by atoms with Crippen molar-refractivity contribution < 1.29 is 19.2 Å². The Bertz CT molecular complexity index is 794. The second-order valence-corrected chi connectivity index (χ2v) is 6.11. The number of amides is 1. The molecule has 0 aliphatic rings. The first-order valence-electron chi connectivity index (χ1n) is 7.34. The maximum Gasteiger partial charge on any atom is 0.316 e. The lowest BCUT2D eigenvalue weighted by molar-refractivity contribution is -0.387. The van der Waals surface area contributed by atoms with Crippen molar-refractivity contribution in [3.63, 3.8) is 0 Å². The maximum atomic E-state index is 11.8. The number of rotatable bonds is 7. The topological polar surface area (TPSA) is 98.5 Å². The summed E-state index contributed by atoms with van der Waals surface area (Å²) in [6.45, 7) is 1.49. The molecule has 1 amide bonds.